The maximum Gasteiger partial charge on any atom is 0.196 e. The van der Waals surface area contributed by atoms with Crippen molar-refractivity contribution in [1.82, 2.24) is 4.98 Å². The summed E-state index contributed by atoms with van der Waals surface area (Å²) in [5, 5.41) is 16.6. The van der Waals surface area contributed by atoms with Crippen molar-refractivity contribution in [3.8, 4) is 44.8 Å². The molecule has 0 atom stereocenters. The maximum atomic E-state index is 14.0. The van der Waals surface area contributed by atoms with E-state index in [-0.39, 0.29) is 51.2 Å². The Bertz CT molecular complexity index is 2940. The first-order valence-corrected chi connectivity index (χ1v) is 20.5. The molecular formula is C52H48F2IrNO4-. The minimum absolute atomic E-state index is 0. The zero-order valence-corrected chi connectivity index (χ0v) is 37.3. The molecule has 5 aromatic carbocycles. The van der Waals surface area contributed by atoms with Crippen LogP contribution in [0.1, 0.15) is 79.7 Å². The molecule has 0 spiro atoms. The Balaban J connectivity index is 0.000000260. The fourth-order valence-corrected chi connectivity index (χ4v) is 8.35. The minimum Gasteiger partial charge on any atom is -0.509 e. The van der Waals surface area contributed by atoms with E-state index in [1.165, 1.54) is 38.4 Å². The standard InChI is InChI=1S/C39H26NO2.C13H22F2O2.Ir/c1-39(2,3)32-17-25(16-23-8-4-5-11-26(23)32)33-19-30-31(21-41-35(30)20-40-33)24-14-15-27-34(18-24)42-38-29-13-7-10-22-9-6-12-28(36(22)29)37(27)38;1-5-12(14,6-2)10(16)9-11(17)13(15,7-3)8-4;/h4-15,17-21H,1-3H3;9,16H,5-8H2,1-4H3;/q-1;;/b;10-9-;. The van der Waals surface area contributed by atoms with E-state index in [1.807, 2.05) is 12.5 Å². The topological polar surface area (TPSA) is 76.5 Å². The SMILES string of the molecule is CC(C)(C)c1cc(-c2cc3c(-c4ccc5c6c(oc5c4)-c4cccc5cccc-6c45)coc3cn2)[c-]c2ccccc12.CCC(F)(CC)C(=O)/C=C(\O)C(F)(CC)CC.[Ir]. The van der Waals surface area contributed by atoms with Crippen LogP contribution in [0.5, 0.6) is 0 Å². The Kier molecular flexibility index (Phi) is 11.5. The molecule has 1 N–H and O–H groups in total. The molecule has 0 saturated carbocycles. The third-order valence-electron chi connectivity index (χ3n) is 12.2. The van der Waals surface area contributed by atoms with E-state index in [0.717, 1.165) is 55.5 Å². The molecule has 0 fully saturated rings. The average molecular weight is 981 g/mol. The molecule has 0 bridgehead atoms. The third kappa shape index (κ3) is 7.28. The number of allylic oxidation sites excluding steroid dienone is 2. The molecule has 0 saturated heterocycles. The summed E-state index contributed by atoms with van der Waals surface area (Å²) in [6.45, 7) is 13.0. The number of benzene rings is 5. The van der Waals surface area contributed by atoms with Gasteiger partial charge in [-0.2, -0.15) is 0 Å². The van der Waals surface area contributed by atoms with Crippen LogP contribution in [0.3, 0.4) is 0 Å². The molecule has 5 nitrogen and oxygen atoms in total. The number of aliphatic hydroxyl groups is 1. The van der Waals surface area contributed by atoms with Crippen LogP contribution in [0.4, 0.5) is 8.78 Å². The van der Waals surface area contributed by atoms with Crippen molar-refractivity contribution in [2.45, 2.75) is 90.9 Å². The molecule has 0 aliphatic heterocycles. The molecule has 1 radical (unpaired) electrons. The number of aromatic nitrogens is 1. The Morgan fingerprint density at radius 2 is 1.45 bits per heavy atom. The number of ketones is 1. The van der Waals surface area contributed by atoms with Gasteiger partial charge in [-0.1, -0.05) is 126 Å². The second kappa shape index (κ2) is 16.2. The number of hydrogen-bond donors (Lipinski definition) is 1. The van der Waals surface area contributed by atoms with Gasteiger partial charge in [0, 0.05) is 64.7 Å². The van der Waals surface area contributed by atoms with Gasteiger partial charge in [0.05, 0.1) is 12.5 Å². The fraction of sp³-hybridized carbons (Fsp3) is 0.269. The maximum absolute atomic E-state index is 14.0. The smallest absolute Gasteiger partial charge is 0.196 e. The average Bonchev–Trinajstić information content (AvgIpc) is 3.94. The number of carbonyl (C=O) groups excluding carboxylic acids is 1. The second-order valence-electron chi connectivity index (χ2n) is 16.6. The summed E-state index contributed by atoms with van der Waals surface area (Å²) < 4.78 is 40.5. The zero-order chi connectivity index (χ0) is 41.9. The monoisotopic (exact) mass is 981 g/mol. The van der Waals surface area contributed by atoms with Crippen LogP contribution in [-0.4, -0.2) is 27.2 Å². The molecule has 0 amide bonds. The Hall–Kier alpha value is -5.43. The van der Waals surface area contributed by atoms with Gasteiger partial charge in [0.1, 0.15) is 17.1 Å². The van der Waals surface area contributed by atoms with Gasteiger partial charge in [-0.3, -0.25) is 9.78 Å². The minimum atomic E-state index is -2.00. The summed E-state index contributed by atoms with van der Waals surface area (Å²) >= 11 is 0. The van der Waals surface area contributed by atoms with Gasteiger partial charge in [-0.05, 0) is 59.7 Å². The second-order valence-corrected chi connectivity index (χ2v) is 16.6. The molecule has 1 aliphatic carbocycles. The van der Waals surface area contributed by atoms with Crippen molar-refractivity contribution in [1.29, 1.82) is 0 Å². The van der Waals surface area contributed by atoms with Crippen LogP contribution >= 0.6 is 0 Å². The predicted octanol–water partition coefficient (Wildman–Crippen LogP) is 15.0. The van der Waals surface area contributed by atoms with E-state index in [4.69, 9.17) is 13.8 Å². The van der Waals surface area contributed by atoms with E-state index >= 15 is 0 Å². The summed E-state index contributed by atoms with van der Waals surface area (Å²) in [7, 11) is 0. The Morgan fingerprint density at radius 1 is 0.767 bits per heavy atom. The number of rotatable bonds is 9. The molecule has 1 aliphatic rings. The molecule has 60 heavy (non-hydrogen) atoms. The van der Waals surface area contributed by atoms with Gasteiger partial charge >= 0.3 is 0 Å². The van der Waals surface area contributed by atoms with Crippen LogP contribution < -0.4 is 0 Å². The van der Waals surface area contributed by atoms with Crippen LogP contribution in [0, 0.1) is 6.07 Å². The van der Waals surface area contributed by atoms with Gasteiger partial charge in [-0.25, -0.2) is 8.78 Å². The van der Waals surface area contributed by atoms with Crippen molar-refractivity contribution < 1.29 is 47.6 Å². The van der Waals surface area contributed by atoms with Gasteiger partial charge in [0.25, 0.3) is 0 Å². The van der Waals surface area contributed by atoms with Crippen LogP contribution in [0.15, 0.2) is 124 Å². The molecular weight excluding hydrogens is 933 g/mol. The van der Waals surface area contributed by atoms with Crippen molar-refractivity contribution in [3.05, 3.63) is 127 Å². The summed E-state index contributed by atoms with van der Waals surface area (Å²) in [5.74, 6) is -0.570. The van der Waals surface area contributed by atoms with Crippen molar-refractivity contribution >= 4 is 49.3 Å². The van der Waals surface area contributed by atoms with Crippen LogP contribution in [-0.2, 0) is 30.3 Å². The van der Waals surface area contributed by atoms with Gasteiger partial charge in [0.15, 0.2) is 22.7 Å². The van der Waals surface area contributed by atoms with E-state index in [9.17, 15) is 18.7 Å². The summed E-state index contributed by atoms with van der Waals surface area (Å²) in [4.78, 5) is 16.4. The normalized spacial score (nSPS) is 12.8. The first kappa shape index (κ1) is 42.7. The first-order valence-electron chi connectivity index (χ1n) is 20.5. The number of furan rings is 2. The molecule has 8 heteroatoms. The van der Waals surface area contributed by atoms with Crippen LogP contribution in [0.25, 0.3) is 88.3 Å². The van der Waals surface area contributed by atoms with Gasteiger partial charge in [-0.15, -0.1) is 29.1 Å². The van der Waals surface area contributed by atoms with Gasteiger partial charge < -0.3 is 13.9 Å². The van der Waals surface area contributed by atoms with Crippen molar-refractivity contribution in [3.63, 3.8) is 0 Å². The number of nitrogens with zero attached hydrogens (tertiary/aromatic N) is 1. The van der Waals surface area contributed by atoms with Crippen molar-refractivity contribution in [2.75, 3.05) is 0 Å². The van der Waals surface area contributed by atoms with Crippen molar-refractivity contribution in [2.24, 2.45) is 0 Å². The number of carbonyl (C=O) groups is 1. The fourth-order valence-electron chi connectivity index (χ4n) is 8.35. The summed E-state index contributed by atoms with van der Waals surface area (Å²) in [6, 6.07) is 35.9. The predicted molar refractivity (Wildman–Crippen MR) is 236 cm³/mol. The number of pyridine rings is 1. The van der Waals surface area contributed by atoms with E-state index in [1.54, 1.807) is 27.7 Å². The van der Waals surface area contributed by atoms with Gasteiger partial charge in [0.2, 0.25) is 0 Å². The van der Waals surface area contributed by atoms with E-state index in [0.29, 0.717) is 6.08 Å². The zero-order valence-electron chi connectivity index (χ0n) is 34.9. The molecule has 9 rings (SSSR count). The number of fused-ring (bicyclic) bond motifs is 7. The Morgan fingerprint density at radius 3 is 2.13 bits per heavy atom. The quantitative estimate of drug-likeness (QED) is 0.0886. The number of hydrogen-bond acceptors (Lipinski definition) is 5. The largest absolute Gasteiger partial charge is 0.509 e. The van der Waals surface area contributed by atoms with E-state index < -0.39 is 22.9 Å². The third-order valence-corrected chi connectivity index (χ3v) is 12.2. The number of alkyl halides is 2. The first-order chi connectivity index (χ1) is 28.2. The summed E-state index contributed by atoms with van der Waals surface area (Å²) in [5.41, 5.74) is 6.51. The number of aliphatic hydroxyl groups excluding tert-OH is 1. The number of halogens is 2. The molecule has 3 aromatic heterocycles. The van der Waals surface area contributed by atoms with E-state index in [2.05, 4.69) is 118 Å². The molecule has 3 heterocycles. The molecule has 8 aromatic rings. The Labute approximate surface area is 362 Å². The van der Waals surface area contributed by atoms with Crippen LogP contribution in [0.2, 0.25) is 0 Å². The molecule has 0 unspecified atom stereocenters. The molecule has 309 valence electrons. The summed E-state index contributed by atoms with van der Waals surface area (Å²) in [6.07, 6.45) is 4.50.